The molecule has 0 aromatic rings. The molecule has 2 aliphatic rings. The number of fused-ring (bicyclic) bond motifs is 2. The van der Waals surface area contributed by atoms with Gasteiger partial charge in [-0.15, -0.1) is 0 Å². The molecular weight excluding hydrogens is 246 g/mol. The van der Waals surface area contributed by atoms with Gasteiger partial charge in [0.05, 0.1) is 13.2 Å². The predicted molar refractivity (Wildman–Crippen MR) is 58.0 cm³/mol. The molecule has 2 bridgehead atoms. The van der Waals surface area contributed by atoms with E-state index >= 15 is 0 Å². The summed E-state index contributed by atoms with van der Waals surface area (Å²) in [5.74, 6) is 0. The van der Waals surface area contributed by atoms with Gasteiger partial charge < -0.3 is 28.2 Å². The van der Waals surface area contributed by atoms with Crippen LogP contribution in [0.1, 0.15) is 6.42 Å². The number of hydrogen-bond acceptors (Lipinski definition) is 6. The van der Waals surface area contributed by atoms with Crippen molar-refractivity contribution in [2.24, 2.45) is 0 Å². The molecule has 0 N–H and O–H groups in total. The molecule has 2 heterocycles. The molecule has 2 aliphatic heterocycles. The molecule has 5 atom stereocenters. The number of rotatable bonds is 4. The number of ether oxygens (including phenoxy) is 3. The largest absolute Gasteiger partial charge is 0.779 e. The van der Waals surface area contributed by atoms with Gasteiger partial charge in [0.15, 0.2) is 0 Å². The van der Waals surface area contributed by atoms with Crippen LogP contribution in [0.15, 0.2) is 0 Å². The lowest BCUT2D eigenvalue weighted by Gasteiger charge is -2.40. The molecule has 2 fully saturated rings. The fraction of sp³-hybridized carbons (Fsp3) is 1.00. The van der Waals surface area contributed by atoms with Crippen molar-refractivity contribution in [1.82, 2.24) is 0 Å². The van der Waals surface area contributed by atoms with Gasteiger partial charge in [-0.05, 0) is 0 Å². The van der Waals surface area contributed by atoms with Crippen LogP contribution in [0, 0.1) is 0 Å². The molecule has 0 spiro atoms. The molecule has 96 valence electrons. The van der Waals surface area contributed by atoms with Crippen molar-refractivity contribution >= 4 is 15.4 Å². The first-order valence-electron chi connectivity index (χ1n) is 5.39. The third kappa shape index (κ3) is 2.60. The average Bonchev–Trinajstić information content (AvgIpc) is 2.35. The number of methoxy groups -OCH3 is 1. The maximum atomic E-state index is 11.3. The zero-order valence-corrected chi connectivity index (χ0v) is 10.7. The van der Waals surface area contributed by atoms with Gasteiger partial charge in [0.2, 0.25) is 0 Å². The van der Waals surface area contributed by atoms with Gasteiger partial charge in [0.25, 0.3) is 0 Å². The van der Waals surface area contributed by atoms with E-state index in [2.05, 4.69) is 0 Å². The summed E-state index contributed by atoms with van der Waals surface area (Å²) in [5.41, 5.74) is -0.826. The summed E-state index contributed by atoms with van der Waals surface area (Å²) in [6.07, 6.45) is -0.809. The van der Waals surface area contributed by atoms with Gasteiger partial charge in [-0.2, -0.15) is 0 Å². The molecular formula is C9H15BO6P-. The van der Waals surface area contributed by atoms with Crippen LogP contribution in [0.5, 0.6) is 0 Å². The molecule has 2 saturated heterocycles. The van der Waals surface area contributed by atoms with Gasteiger partial charge in [-0.1, -0.05) is 0 Å². The zero-order chi connectivity index (χ0) is 12.7. The lowest BCUT2D eigenvalue weighted by Crippen LogP contribution is -2.53. The van der Waals surface area contributed by atoms with Crippen molar-refractivity contribution in [3.63, 3.8) is 0 Å². The molecule has 17 heavy (non-hydrogen) atoms. The highest BCUT2D eigenvalue weighted by Gasteiger charge is 2.58. The third-order valence-electron chi connectivity index (χ3n) is 3.04. The van der Waals surface area contributed by atoms with Crippen molar-refractivity contribution in [3.05, 3.63) is 0 Å². The third-order valence-corrected chi connectivity index (χ3v) is 3.65. The Hall–Kier alpha value is 0.0949. The molecule has 0 aliphatic carbocycles. The summed E-state index contributed by atoms with van der Waals surface area (Å²) < 4.78 is 32.5. The monoisotopic (exact) mass is 261 g/mol. The first-order valence-corrected chi connectivity index (χ1v) is 7.38. The predicted octanol–water partition coefficient (Wildman–Crippen LogP) is -0.746. The quantitative estimate of drug-likeness (QED) is 0.489. The van der Waals surface area contributed by atoms with Crippen molar-refractivity contribution in [1.29, 1.82) is 0 Å². The van der Waals surface area contributed by atoms with E-state index < -0.39 is 31.4 Å². The summed E-state index contributed by atoms with van der Waals surface area (Å²) in [5, 5.41) is 0. The Morgan fingerprint density at radius 1 is 1.65 bits per heavy atom. The Morgan fingerprint density at radius 3 is 2.94 bits per heavy atom. The van der Waals surface area contributed by atoms with E-state index in [1.807, 2.05) is 0 Å². The summed E-state index contributed by atoms with van der Waals surface area (Å²) in [6, 6.07) is -0.691. The number of hydrogen-bond donors (Lipinski definition) is 0. The Labute approximate surface area is 102 Å². The van der Waals surface area contributed by atoms with Crippen molar-refractivity contribution < 1.29 is 28.2 Å². The highest BCUT2D eigenvalue weighted by Crippen LogP contribution is 2.47. The van der Waals surface area contributed by atoms with Crippen LogP contribution in [0.3, 0.4) is 0 Å². The summed E-state index contributed by atoms with van der Waals surface area (Å²) in [4.78, 5) is 11.3. The van der Waals surface area contributed by atoms with E-state index in [1.54, 1.807) is 0 Å². The summed E-state index contributed by atoms with van der Waals surface area (Å²) in [6.45, 7) is 1.70. The normalized spacial score (nSPS) is 44.5. The van der Waals surface area contributed by atoms with Crippen LogP contribution in [0.25, 0.3) is 0 Å². The highest BCUT2D eigenvalue weighted by atomic mass is 31.2. The van der Waals surface area contributed by atoms with Crippen molar-refractivity contribution in [2.45, 2.75) is 30.2 Å². The molecule has 2 rings (SSSR count). The first kappa shape index (κ1) is 13.5. The highest BCUT2D eigenvalue weighted by molar-refractivity contribution is 7.50. The molecule has 6 nitrogen and oxygen atoms in total. The van der Waals surface area contributed by atoms with E-state index in [4.69, 9.17) is 26.6 Å². The minimum absolute atomic E-state index is 0.227. The summed E-state index contributed by atoms with van der Waals surface area (Å²) >= 11 is 0. The molecule has 2 unspecified atom stereocenters. The Balaban J connectivity index is 2.24. The van der Waals surface area contributed by atoms with Gasteiger partial charge in [-0.25, -0.2) is 0 Å². The fourth-order valence-corrected chi connectivity index (χ4v) is 3.15. The van der Waals surface area contributed by atoms with Crippen LogP contribution < -0.4 is 4.89 Å². The van der Waals surface area contributed by atoms with Crippen LogP contribution in [-0.4, -0.2) is 58.6 Å². The lowest BCUT2D eigenvalue weighted by molar-refractivity contribution is -0.217. The molecule has 0 amide bonds. The van der Waals surface area contributed by atoms with Gasteiger partial charge >= 0.3 is 0 Å². The Bertz CT molecular complexity index is 329. The summed E-state index contributed by atoms with van der Waals surface area (Å²) in [7, 11) is 3.41. The van der Waals surface area contributed by atoms with Crippen LogP contribution in [0.4, 0.5) is 0 Å². The smallest absolute Gasteiger partial charge is 0.132 e. The van der Waals surface area contributed by atoms with E-state index in [0.717, 1.165) is 6.66 Å². The van der Waals surface area contributed by atoms with E-state index in [-0.39, 0.29) is 6.61 Å². The molecule has 0 aromatic heterocycles. The second kappa shape index (κ2) is 4.65. The Kier molecular flexibility index (Phi) is 3.70. The maximum Gasteiger partial charge on any atom is 0.132 e. The van der Waals surface area contributed by atoms with Crippen molar-refractivity contribution in [3.8, 4) is 0 Å². The second-order valence-electron chi connectivity index (χ2n) is 4.46. The maximum absolute atomic E-state index is 11.3. The average molecular weight is 261 g/mol. The zero-order valence-electron chi connectivity index (χ0n) is 9.83. The van der Waals surface area contributed by atoms with Gasteiger partial charge in [0, 0.05) is 26.2 Å². The van der Waals surface area contributed by atoms with Crippen LogP contribution in [0.2, 0.25) is 0 Å². The topological polar surface area (TPSA) is 77.0 Å². The van der Waals surface area contributed by atoms with E-state index in [0.29, 0.717) is 13.0 Å². The first-order chi connectivity index (χ1) is 7.88. The minimum Gasteiger partial charge on any atom is -0.779 e. The van der Waals surface area contributed by atoms with E-state index in [9.17, 15) is 9.46 Å². The SMILES string of the molecule is [B][C@@H]1O[C@@]2(COC)CCOC1[C@H]2OP(C)(=O)[O-]. The lowest BCUT2D eigenvalue weighted by atomic mass is 9.86. The molecule has 2 radical (unpaired) electrons. The molecule has 8 heteroatoms. The second-order valence-corrected chi connectivity index (χ2v) is 6.22. The minimum atomic E-state index is -3.88. The van der Waals surface area contributed by atoms with Crippen LogP contribution in [-0.2, 0) is 23.3 Å². The van der Waals surface area contributed by atoms with E-state index in [1.165, 1.54) is 7.11 Å². The standard InChI is InChI=1S/C9H16BO6P/c1-13-5-9-3-4-14-6(8(10)15-9)7(9)16-17(2,11)12/h6-8H,3-5H2,1-2H3,(H,11,12)/p-1/t6?,7-,8-,9-/m1/s1. The molecule has 0 aromatic carbocycles. The molecule has 0 saturated carbocycles. The fourth-order valence-electron chi connectivity index (χ4n) is 2.42. The van der Waals surface area contributed by atoms with Crippen molar-refractivity contribution in [2.75, 3.05) is 27.0 Å². The van der Waals surface area contributed by atoms with Crippen LogP contribution >= 0.6 is 7.60 Å². The van der Waals surface area contributed by atoms with Gasteiger partial charge in [0.1, 0.15) is 33.3 Å². The van der Waals surface area contributed by atoms with Gasteiger partial charge in [-0.3, -0.25) is 0 Å². The Morgan fingerprint density at radius 2 is 2.35 bits per heavy atom.